The van der Waals surface area contributed by atoms with E-state index in [2.05, 4.69) is 0 Å². The molecule has 1 fully saturated rings. The molecule has 4 rings (SSSR count). The Balaban J connectivity index is 1.83. The number of methoxy groups -OCH3 is 1. The molecule has 1 saturated heterocycles. The van der Waals surface area contributed by atoms with Crippen LogP contribution in [0.1, 0.15) is 17.2 Å². The minimum absolute atomic E-state index is 0.0474. The lowest BCUT2D eigenvalue weighted by atomic mass is 9.95. The van der Waals surface area contributed by atoms with Gasteiger partial charge in [0.25, 0.3) is 11.7 Å². The van der Waals surface area contributed by atoms with Gasteiger partial charge in [-0.15, -0.1) is 0 Å². The van der Waals surface area contributed by atoms with Crippen molar-refractivity contribution < 1.29 is 28.9 Å². The molecule has 0 radical (unpaired) electrons. The predicted octanol–water partition coefficient (Wildman–Crippen LogP) is 2.48. The highest BCUT2D eigenvalue weighted by Crippen LogP contribution is 2.41. The van der Waals surface area contributed by atoms with E-state index < -0.39 is 17.7 Å². The fraction of sp³-hybridized carbons (Fsp3) is 0.238. The first kappa shape index (κ1) is 18.1. The lowest BCUT2D eigenvalue weighted by Crippen LogP contribution is -2.32. The topological polar surface area (TPSA) is 85.3 Å². The molecule has 1 atom stereocenters. The van der Waals surface area contributed by atoms with Crippen molar-refractivity contribution >= 4 is 17.4 Å². The number of carbonyl (C=O) groups excluding carboxylic acids is 2. The smallest absolute Gasteiger partial charge is 0.295 e. The van der Waals surface area contributed by atoms with E-state index in [9.17, 15) is 14.7 Å². The van der Waals surface area contributed by atoms with Crippen molar-refractivity contribution in [3.63, 3.8) is 0 Å². The highest BCUT2D eigenvalue weighted by molar-refractivity contribution is 6.46. The number of carbonyl (C=O) groups is 2. The van der Waals surface area contributed by atoms with E-state index in [-0.39, 0.29) is 31.3 Å². The maximum atomic E-state index is 12.8. The van der Waals surface area contributed by atoms with Gasteiger partial charge >= 0.3 is 0 Å². The Kier molecular flexibility index (Phi) is 4.75. The molecule has 7 heteroatoms. The third-order valence-electron chi connectivity index (χ3n) is 4.84. The van der Waals surface area contributed by atoms with Crippen molar-refractivity contribution in [3.05, 3.63) is 65.2 Å². The lowest BCUT2D eigenvalue weighted by Gasteiger charge is -2.25. The van der Waals surface area contributed by atoms with E-state index in [1.165, 1.54) is 12.0 Å². The zero-order valence-corrected chi connectivity index (χ0v) is 15.3. The molecular formula is C21H19NO6. The SMILES string of the molecule is COCCN1C(=O)C(=O)/C(=C(\O)c2ccc3c(c2)OCO3)C1c1ccccc1. The number of nitrogens with zero attached hydrogens (tertiary/aromatic N) is 1. The van der Waals surface area contributed by atoms with Crippen molar-refractivity contribution in [1.82, 2.24) is 4.90 Å². The standard InChI is InChI=1S/C21H19NO6/c1-26-10-9-22-18(13-5-3-2-4-6-13)17(20(24)21(22)25)19(23)14-7-8-15-16(11-14)28-12-27-15/h2-8,11,18,23H,9-10,12H2,1H3/b19-17-. The Bertz CT molecular complexity index is 953. The highest BCUT2D eigenvalue weighted by atomic mass is 16.7. The lowest BCUT2D eigenvalue weighted by molar-refractivity contribution is -0.140. The molecule has 144 valence electrons. The van der Waals surface area contributed by atoms with Gasteiger partial charge in [0.15, 0.2) is 11.5 Å². The van der Waals surface area contributed by atoms with E-state index in [0.29, 0.717) is 17.1 Å². The highest BCUT2D eigenvalue weighted by Gasteiger charge is 2.45. The molecule has 2 aromatic carbocycles. The third-order valence-corrected chi connectivity index (χ3v) is 4.84. The molecule has 0 aliphatic carbocycles. The molecule has 0 aromatic heterocycles. The molecule has 0 spiro atoms. The van der Waals surface area contributed by atoms with E-state index in [1.807, 2.05) is 30.3 Å². The summed E-state index contributed by atoms with van der Waals surface area (Å²) >= 11 is 0. The Morgan fingerprint density at radius 2 is 1.89 bits per heavy atom. The number of ether oxygens (including phenoxy) is 3. The van der Waals surface area contributed by atoms with Gasteiger partial charge in [0.05, 0.1) is 18.2 Å². The fourth-order valence-corrected chi connectivity index (χ4v) is 3.48. The summed E-state index contributed by atoms with van der Waals surface area (Å²) in [6.45, 7) is 0.615. The largest absolute Gasteiger partial charge is 0.507 e. The van der Waals surface area contributed by atoms with Crippen LogP contribution in [0, 0.1) is 0 Å². The Morgan fingerprint density at radius 3 is 2.64 bits per heavy atom. The number of fused-ring (bicyclic) bond motifs is 1. The van der Waals surface area contributed by atoms with Crippen LogP contribution in [0.2, 0.25) is 0 Å². The number of likely N-dealkylation sites (tertiary alicyclic amines) is 1. The molecule has 2 aliphatic rings. The Morgan fingerprint density at radius 1 is 1.14 bits per heavy atom. The number of hydrogen-bond donors (Lipinski definition) is 1. The van der Waals surface area contributed by atoms with Gasteiger partial charge in [-0.1, -0.05) is 30.3 Å². The van der Waals surface area contributed by atoms with Gasteiger partial charge in [-0.05, 0) is 23.8 Å². The van der Waals surface area contributed by atoms with Gasteiger partial charge in [0.1, 0.15) is 5.76 Å². The van der Waals surface area contributed by atoms with Crippen LogP contribution in [-0.4, -0.2) is 48.8 Å². The van der Waals surface area contributed by atoms with E-state index in [0.717, 1.165) is 5.56 Å². The molecule has 1 N–H and O–H groups in total. The van der Waals surface area contributed by atoms with Crippen LogP contribution in [0.3, 0.4) is 0 Å². The zero-order chi connectivity index (χ0) is 19.7. The van der Waals surface area contributed by atoms with Gasteiger partial charge in [-0.25, -0.2) is 0 Å². The Hall–Kier alpha value is -3.32. The summed E-state index contributed by atoms with van der Waals surface area (Å²) in [7, 11) is 1.53. The van der Waals surface area contributed by atoms with Crippen LogP contribution in [0.15, 0.2) is 54.1 Å². The van der Waals surface area contributed by atoms with Crippen molar-refractivity contribution in [3.8, 4) is 11.5 Å². The number of rotatable bonds is 5. The fourth-order valence-electron chi connectivity index (χ4n) is 3.48. The number of Topliss-reactive ketones (excluding diaryl/α,β-unsaturated/α-hetero) is 1. The van der Waals surface area contributed by atoms with Crippen LogP contribution in [0.4, 0.5) is 0 Å². The first-order valence-corrected chi connectivity index (χ1v) is 8.84. The molecule has 2 heterocycles. The first-order valence-electron chi connectivity index (χ1n) is 8.84. The molecule has 0 bridgehead atoms. The average Bonchev–Trinajstić information content (AvgIpc) is 3.29. The van der Waals surface area contributed by atoms with Crippen molar-refractivity contribution in [2.24, 2.45) is 0 Å². The van der Waals surface area contributed by atoms with Gasteiger partial charge in [0.2, 0.25) is 6.79 Å². The maximum absolute atomic E-state index is 12.8. The second-order valence-corrected chi connectivity index (χ2v) is 6.46. The molecular weight excluding hydrogens is 362 g/mol. The third kappa shape index (κ3) is 2.99. The Labute approximate surface area is 161 Å². The van der Waals surface area contributed by atoms with Crippen LogP contribution in [0.5, 0.6) is 11.5 Å². The molecule has 28 heavy (non-hydrogen) atoms. The molecule has 0 saturated carbocycles. The van der Waals surface area contributed by atoms with Crippen molar-refractivity contribution in [2.45, 2.75) is 6.04 Å². The van der Waals surface area contributed by atoms with Crippen LogP contribution in [0.25, 0.3) is 5.76 Å². The van der Waals surface area contributed by atoms with Gasteiger partial charge in [-0.2, -0.15) is 0 Å². The van der Waals surface area contributed by atoms with Gasteiger partial charge in [0, 0.05) is 19.2 Å². The molecule has 2 aliphatic heterocycles. The van der Waals surface area contributed by atoms with Crippen LogP contribution < -0.4 is 9.47 Å². The molecule has 1 amide bonds. The summed E-state index contributed by atoms with van der Waals surface area (Å²) in [5, 5.41) is 11.0. The van der Waals surface area contributed by atoms with Gasteiger partial charge < -0.3 is 24.2 Å². The summed E-state index contributed by atoms with van der Waals surface area (Å²) in [5.41, 5.74) is 1.17. The van der Waals surface area contributed by atoms with Gasteiger partial charge in [-0.3, -0.25) is 9.59 Å². The number of ketones is 1. The number of hydrogen-bond acceptors (Lipinski definition) is 6. The molecule has 1 unspecified atom stereocenters. The second-order valence-electron chi connectivity index (χ2n) is 6.46. The minimum atomic E-state index is -0.722. The second kappa shape index (κ2) is 7.36. The minimum Gasteiger partial charge on any atom is -0.507 e. The number of aliphatic hydroxyl groups excluding tert-OH is 1. The summed E-state index contributed by atoms with van der Waals surface area (Å²) in [4.78, 5) is 26.9. The monoisotopic (exact) mass is 381 g/mol. The summed E-state index contributed by atoms with van der Waals surface area (Å²) in [5.74, 6) is -0.579. The first-order chi connectivity index (χ1) is 13.6. The van der Waals surface area contributed by atoms with E-state index >= 15 is 0 Å². The predicted molar refractivity (Wildman–Crippen MR) is 99.9 cm³/mol. The average molecular weight is 381 g/mol. The quantitative estimate of drug-likeness (QED) is 0.487. The summed E-state index contributed by atoms with van der Waals surface area (Å²) < 4.78 is 15.7. The maximum Gasteiger partial charge on any atom is 0.295 e. The normalized spacial score (nSPS) is 20.0. The number of aliphatic hydroxyl groups is 1. The molecule has 2 aromatic rings. The van der Waals surface area contributed by atoms with Crippen LogP contribution in [-0.2, 0) is 14.3 Å². The van der Waals surface area contributed by atoms with E-state index in [4.69, 9.17) is 14.2 Å². The summed E-state index contributed by atoms with van der Waals surface area (Å²) in [6, 6.07) is 13.3. The molecule has 7 nitrogen and oxygen atoms in total. The number of benzene rings is 2. The van der Waals surface area contributed by atoms with Crippen LogP contribution >= 0.6 is 0 Å². The van der Waals surface area contributed by atoms with Crippen molar-refractivity contribution in [1.29, 1.82) is 0 Å². The summed E-state index contributed by atoms with van der Waals surface area (Å²) in [6.07, 6.45) is 0. The number of amides is 1. The zero-order valence-electron chi connectivity index (χ0n) is 15.3. The van der Waals surface area contributed by atoms with Crippen molar-refractivity contribution in [2.75, 3.05) is 27.1 Å². The van der Waals surface area contributed by atoms with E-state index in [1.54, 1.807) is 18.2 Å².